The summed E-state index contributed by atoms with van der Waals surface area (Å²) in [6.07, 6.45) is 0. The van der Waals surface area contributed by atoms with Crippen LogP contribution in [0.1, 0.15) is 22.8 Å². The zero-order chi connectivity index (χ0) is 15.4. The van der Waals surface area contributed by atoms with Crippen molar-refractivity contribution in [3.05, 3.63) is 53.3 Å². The minimum absolute atomic E-state index is 0.0581. The first kappa shape index (κ1) is 14.8. The largest absolute Gasteiger partial charge is 0.462 e. The van der Waals surface area contributed by atoms with E-state index in [2.05, 4.69) is 0 Å². The fourth-order valence-electron chi connectivity index (χ4n) is 1.83. The summed E-state index contributed by atoms with van der Waals surface area (Å²) < 4.78 is 24.1. The summed E-state index contributed by atoms with van der Waals surface area (Å²) in [5.74, 6) is -0.764. The van der Waals surface area contributed by atoms with Gasteiger partial charge in [0.2, 0.25) is 0 Å². The normalized spacial score (nSPS) is 10.2. The topological polar surface area (TPSA) is 61.5 Å². The monoisotopic (exact) mass is 289 g/mol. The van der Waals surface area contributed by atoms with E-state index in [-0.39, 0.29) is 29.4 Å². The van der Waals surface area contributed by atoms with Gasteiger partial charge in [-0.25, -0.2) is 9.18 Å². The van der Waals surface area contributed by atoms with Crippen LogP contribution in [0.2, 0.25) is 0 Å². The predicted octanol–water partition coefficient (Wildman–Crippen LogP) is 3.69. The predicted molar refractivity (Wildman–Crippen MR) is 78.0 cm³/mol. The third-order valence-electron chi connectivity index (χ3n) is 2.87. The fraction of sp³-hybridized carbons (Fsp3) is 0.188. The van der Waals surface area contributed by atoms with Crippen LogP contribution < -0.4 is 10.5 Å². The molecule has 0 spiro atoms. The molecule has 0 radical (unpaired) electrons. The number of para-hydroxylation sites is 1. The standard InChI is InChI=1S/C16H16FNO3/c1-3-20-16(19)11-5-4-6-13(15(11)18)21-14-9-10(2)7-8-12(14)17/h4-9H,3,18H2,1-2H3. The summed E-state index contributed by atoms with van der Waals surface area (Å²) in [4.78, 5) is 11.8. The number of carbonyl (C=O) groups is 1. The summed E-state index contributed by atoms with van der Waals surface area (Å²) in [6, 6.07) is 9.22. The molecule has 0 heterocycles. The molecule has 5 heteroatoms. The molecule has 0 aliphatic heterocycles. The summed E-state index contributed by atoms with van der Waals surface area (Å²) in [7, 11) is 0. The average molecular weight is 289 g/mol. The van der Waals surface area contributed by atoms with Gasteiger partial charge in [0.05, 0.1) is 17.9 Å². The van der Waals surface area contributed by atoms with Crippen LogP contribution in [-0.2, 0) is 4.74 Å². The summed E-state index contributed by atoms with van der Waals surface area (Å²) in [5, 5.41) is 0. The molecule has 0 aliphatic rings. The Bertz CT molecular complexity index is 671. The van der Waals surface area contributed by atoms with E-state index in [9.17, 15) is 9.18 Å². The molecular formula is C16H16FNO3. The lowest BCUT2D eigenvalue weighted by atomic mass is 10.1. The van der Waals surface area contributed by atoms with Crippen LogP contribution in [0, 0.1) is 12.7 Å². The number of esters is 1. The fourth-order valence-corrected chi connectivity index (χ4v) is 1.83. The van der Waals surface area contributed by atoms with E-state index in [0.717, 1.165) is 5.56 Å². The number of benzene rings is 2. The van der Waals surface area contributed by atoms with Crippen molar-refractivity contribution in [1.29, 1.82) is 0 Å². The molecule has 2 rings (SSSR count). The quantitative estimate of drug-likeness (QED) is 0.689. The van der Waals surface area contributed by atoms with Gasteiger partial charge in [0, 0.05) is 0 Å². The molecule has 0 fully saturated rings. The third kappa shape index (κ3) is 3.31. The van der Waals surface area contributed by atoms with Crippen LogP contribution in [0.15, 0.2) is 36.4 Å². The molecule has 0 amide bonds. The van der Waals surface area contributed by atoms with E-state index in [0.29, 0.717) is 0 Å². The molecule has 0 aliphatic carbocycles. The van der Waals surface area contributed by atoms with Gasteiger partial charge in [-0.15, -0.1) is 0 Å². The molecule has 4 nitrogen and oxygen atoms in total. The second-order valence-corrected chi connectivity index (χ2v) is 4.47. The highest BCUT2D eigenvalue weighted by Crippen LogP contribution is 2.32. The second-order valence-electron chi connectivity index (χ2n) is 4.47. The van der Waals surface area contributed by atoms with E-state index in [1.54, 1.807) is 31.2 Å². The number of hydrogen-bond donors (Lipinski definition) is 1. The van der Waals surface area contributed by atoms with E-state index >= 15 is 0 Å². The Balaban J connectivity index is 2.35. The van der Waals surface area contributed by atoms with E-state index in [1.807, 2.05) is 6.92 Å². The van der Waals surface area contributed by atoms with Gasteiger partial charge in [0.25, 0.3) is 0 Å². The highest BCUT2D eigenvalue weighted by Gasteiger charge is 2.15. The van der Waals surface area contributed by atoms with Crippen LogP contribution in [-0.4, -0.2) is 12.6 Å². The van der Waals surface area contributed by atoms with Gasteiger partial charge in [-0.1, -0.05) is 12.1 Å². The molecule has 110 valence electrons. The van der Waals surface area contributed by atoms with Crippen molar-refractivity contribution in [1.82, 2.24) is 0 Å². The molecule has 0 unspecified atom stereocenters. The smallest absolute Gasteiger partial charge is 0.340 e. The van der Waals surface area contributed by atoms with Crippen LogP contribution in [0.3, 0.4) is 0 Å². The van der Waals surface area contributed by atoms with Crippen LogP contribution in [0.4, 0.5) is 10.1 Å². The average Bonchev–Trinajstić information content (AvgIpc) is 2.45. The SMILES string of the molecule is CCOC(=O)c1cccc(Oc2cc(C)ccc2F)c1N. The van der Waals surface area contributed by atoms with Crippen molar-refractivity contribution in [3.63, 3.8) is 0 Å². The zero-order valence-electron chi connectivity index (χ0n) is 11.9. The molecule has 0 saturated heterocycles. The molecule has 0 saturated carbocycles. The van der Waals surface area contributed by atoms with Crippen LogP contribution in [0.5, 0.6) is 11.5 Å². The van der Waals surface area contributed by atoms with Crippen molar-refractivity contribution in [2.75, 3.05) is 12.3 Å². The molecule has 2 aromatic carbocycles. The summed E-state index contributed by atoms with van der Waals surface area (Å²) in [6.45, 7) is 3.77. The first-order valence-electron chi connectivity index (χ1n) is 6.52. The molecule has 0 atom stereocenters. The van der Waals surface area contributed by atoms with Crippen molar-refractivity contribution >= 4 is 11.7 Å². The number of ether oxygens (including phenoxy) is 2. The number of halogens is 1. The second kappa shape index (κ2) is 6.26. The lowest BCUT2D eigenvalue weighted by Gasteiger charge is -2.12. The van der Waals surface area contributed by atoms with Gasteiger partial charge in [-0.05, 0) is 43.7 Å². The first-order valence-corrected chi connectivity index (χ1v) is 6.52. The Labute approximate surface area is 122 Å². The summed E-state index contributed by atoms with van der Waals surface area (Å²) in [5.41, 5.74) is 7.07. The van der Waals surface area contributed by atoms with Gasteiger partial charge < -0.3 is 15.2 Å². The minimum Gasteiger partial charge on any atom is -0.462 e. The maximum Gasteiger partial charge on any atom is 0.340 e. The lowest BCUT2D eigenvalue weighted by Crippen LogP contribution is -2.08. The number of hydrogen-bond acceptors (Lipinski definition) is 4. The number of anilines is 1. The minimum atomic E-state index is -0.537. The third-order valence-corrected chi connectivity index (χ3v) is 2.87. The van der Waals surface area contributed by atoms with Gasteiger partial charge in [0.1, 0.15) is 0 Å². The van der Waals surface area contributed by atoms with E-state index in [4.69, 9.17) is 15.2 Å². The zero-order valence-corrected chi connectivity index (χ0v) is 11.9. The highest BCUT2D eigenvalue weighted by atomic mass is 19.1. The Morgan fingerprint density at radius 1 is 1.24 bits per heavy atom. The number of nitrogens with two attached hydrogens (primary N) is 1. The van der Waals surface area contributed by atoms with E-state index < -0.39 is 11.8 Å². The molecule has 2 aromatic rings. The molecule has 21 heavy (non-hydrogen) atoms. The Kier molecular flexibility index (Phi) is 4.42. The van der Waals surface area contributed by atoms with Crippen LogP contribution >= 0.6 is 0 Å². The van der Waals surface area contributed by atoms with Crippen molar-refractivity contribution in [2.45, 2.75) is 13.8 Å². The number of nitrogen functional groups attached to an aromatic ring is 1. The molecule has 0 aromatic heterocycles. The molecule has 2 N–H and O–H groups in total. The maximum atomic E-state index is 13.7. The number of carbonyl (C=O) groups excluding carboxylic acids is 1. The van der Waals surface area contributed by atoms with Crippen LogP contribution in [0.25, 0.3) is 0 Å². The number of aryl methyl sites for hydroxylation is 1. The Hall–Kier alpha value is -2.56. The number of rotatable bonds is 4. The Morgan fingerprint density at radius 2 is 2.00 bits per heavy atom. The van der Waals surface area contributed by atoms with Gasteiger partial charge >= 0.3 is 5.97 Å². The van der Waals surface area contributed by atoms with Gasteiger partial charge in [0.15, 0.2) is 17.3 Å². The van der Waals surface area contributed by atoms with E-state index in [1.165, 1.54) is 12.1 Å². The lowest BCUT2D eigenvalue weighted by molar-refractivity contribution is 0.0527. The van der Waals surface area contributed by atoms with Crippen molar-refractivity contribution < 1.29 is 18.7 Å². The van der Waals surface area contributed by atoms with Gasteiger partial charge in [-0.3, -0.25) is 0 Å². The van der Waals surface area contributed by atoms with Crippen molar-refractivity contribution in [2.24, 2.45) is 0 Å². The molecule has 0 bridgehead atoms. The summed E-state index contributed by atoms with van der Waals surface area (Å²) >= 11 is 0. The first-order chi connectivity index (χ1) is 10.0. The maximum absolute atomic E-state index is 13.7. The highest BCUT2D eigenvalue weighted by molar-refractivity contribution is 5.96. The molecular weight excluding hydrogens is 273 g/mol. The Morgan fingerprint density at radius 3 is 2.71 bits per heavy atom. The van der Waals surface area contributed by atoms with Crippen molar-refractivity contribution in [3.8, 4) is 11.5 Å². The van der Waals surface area contributed by atoms with Gasteiger partial charge in [-0.2, -0.15) is 0 Å².